The van der Waals surface area contributed by atoms with Gasteiger partial charge in [-0.1, -0.05) is 17.8 Å². The Morgan fingerprint density at radius 2 is 1.83 bits per heavy atom. The number of benzene rings is 1. The second kappa shape index (κ2) is 11.5. The molecule has 0 atom stereocenters. The van der Waals surface area contributed by atoms with E-state index in [0.29, 0.717) is 36.8 Å². The summed E-state index contributed by atoms with van der Waals surface area (Å²) in [5.41, 5.74) is 4.44. The van der Waals surface area contributed by atoms with Crippen LogP contribution < -0.4 is 14.8 Å². The number of aromatic nitrogens is 1. The normalized spacial score (nSPS) is 10.4. The van der Waals surface area contributed by atoms with Crippen LogP contribution >= 0.6 is 11.8 Å². The predicted molar refractivity (Wildman–Crippen MR) is 119 cm³/mol. The van der Waals surface area contributed by atoms with E-state index in [2.05, 4.69) is 16.4 Å². The maximum absolute atomic E-state index is 12.3. The lowest BCUT2D eigenvalue weighted by Crippen LogP contribution is -2.27. The number of hydrogen-bond acceptors (Lipinski definition) is 6. The minimum atomic E-state index is -0.0856. The van der Waals surface area contributed by atoms with E-state index >= 15 is 0 Å². The van der Waals surface area contributed by atoms with Crippen LogP contribution in [0.4, 0.5) is 0 Å². The average Bonchev–Trinajstić information content (AvgIpc) is 2.72. The molecule has 2 aromatic rings. The lowest BCUT2D eigenvalue weighted by Gasteiger charge is -2.13. The van der Waals surface area contributed by atoms with Crippen LogP contribution in [0.15, 0.2) is 23.2 Å². The molecular weight excluding hydrogens is 398 g/mol. The van der Waals surface area contributed by atoms with Crippen LogP contribution in [0.2, 0.25) is 0 Å². The van der Waals surface area contributed by atoms with Crippen molar-refractivity contribution >= 4 is 17.7 Å². The summed E-state index contributed by atoms with van der Waals surface area (Å²) >= 11 is 1.30. The van der Waals surface area contributed by atoms with Crippen LogP contribution in [0, 0.1) is 32.1 Å². The van der Waals surface area contributed by atoms with Crippen LogP contribution in [0.1, 0.15) is 41.8 Å². The Morgan fingerprint density at radius 1 is 1.13 bits per heavy atom. The maximum Gasteiger partial charge on any atom is 0.230 e. The van der Waals surface area contributed by atoms with Gasteiger partial charge in [-0.15, -0.1) is 0 Å². The smallest absolute Gasteiger partial charge is 0.230 e. The van der Waals surface area contributed by atoms with E-state index in [1.165, 1.54) is 11.8 Å². The number of carbonyl (C=O) groups excluding carboxylic acids is 1. The van der Waals surface area contributed by atoms with Crippen molar-refractivity contribution in [3.8, 4) is 17.6 Å². The fraction of sp³-hybridized carbons (Fsp3) is 0.435. The van der Waals surface area contributed by atoms with Crippen molar-refractivity contribution in [2.24, 2.45) is 0 Å². The van der Waals surface area contributed by atoms with E-state index in [9.17, 15) is 10.1 Å². The van der Waals surface area contributed by atoms with Gasteiger partial charge in [0.1, 0.15) is 11.1 Å². The lowest BCUT2D eigenvalue weighted by molar-refractivity contribution is -0.118. The summed E-state index contributed by atoms with van der Waals surface area (Å²) in [5.74, 6) is 1.58. The number of carbonyl (C=O) groups is 1. The quantitative estimate of drug-likeness (QED) is 0.574. The Kier molecular flexibility index (Phi) is 9.00. The van der Waals surface area contributed by atoms with Crippen LogP contribution in [0.5, 0.6) is 11.5 Å². The Labute approximate surface area is 183 Å². The minimum Gasteiger partial charge on any atom is -0.490 e. The molecule has 2 rings (SSSR count). The lowest BCUT2D eigenvalue weighted by atomic mass is 10.1. The number of nitrogens with one attached hydrogen (secondary N) is 1. The minimum absolute atomic E-state index is 0.0856. The van der Waals surface area contributed by atoms with Crippen molar-refractivity contribution < 1.29 is 14.3 Å². The molecule has 0 aliphatic heterocycles. The van der Waals surface area contributed by atoms with Gasteiger partial charge in [0.05, 0.1) is 24.5 Å². The first-order valence-electron chi connectivity index (χ1n) is 10.1. The van der Waals surface area contributed by atoms with Crippen molar-refractivity contribution in [1.82, 2.24) is 10.3 Å². The summed E-state index contributed by atoms with van der Waals surface area (Å²) in [5, 5.41) is 13.0. The van der Waals surface area contributed by atoms with Gasteiger partial charge in [-0.2, -0.15) is 5.26 Å². The molecule has 0 aliphatic rings. The molecule has 1 amide bonds. The number of nitriles is 1. The highest BCUT2D eigenvalue weighted by Crippen LogP contribution is 2.29. The van der Waals surface area contributed by atoms with Gasteiger partial charge in [-0.3, -0.25) is 4.79 Å². The number of nitrogens with zero attached hydrogens (tertiary/aromatic N) is 2. The monoisotopic (exact) mass is 427 g/mol. The zero-order valence-corrected chi connectivity index (χ0v) is 19.1. The maximum atomic E-state index is 12.3. The number of amides is 1. The first-order chi connectivity index (χ1) is 14.4. The molecule has 30 heavy (non-hydrogen) atoms. The molecule has 0 radical (unpaired) electrons. The highest BCUT2D eigenvalue weighted by atomic mass is 32.2. The Balaban J connectivity index is 1.90. The third-order valence-electron chi connectivity index (χ3n) is 4.76. The van der Waals surface area contributed by atoms with Crippen molar-refractivity contribution in [2.45, 2.75) is 46.1 Å². The average molecular weight is 428 g/mol. The molecule has 7 heteroatoms. The van der Waals surface area contributed by atoms with E-state index in [1.807, 2.05) is 52.8 Å². The summed E-state index contributed by atoms with van der Waals surface area (Å²) in [7, 11) is 0. The predicted octanol–water partition coefficient (Wildman–Crippen LogP) is 4.13. The number of hydrogen-bond donors (Lipinski definition) is 1. The molecule has 0 spiro atoms. The molecule has 1 aromatic heterocycles. The van der Waals surface area contributed by atoms with E-state index in [1.54, 1.807) is 0 Å². The van der Waals surface area contributed by atoms with E-state index in [-0.39, 0.29) is 11.7 Å². The van der Waals surface area contributed by atoms with Gasteiger partial charge >= 0.3 is 0 Å². The molecule has 0 saturated carbocycles. The number of ether oxygens (including phenoxy) is 2. The largest absolute Gasteiger partial charge is 0.490 e. The van der Waals surface area contributed by atoms with Crippen LogP contribution in [-0.4, -0.2) is 36.4 Å². The molecule has 6 nitrogen and oxygen atoms in total. The summed E-state index contributed by atoms with van der Waals surface area (Å²) in [6.45, 7) is 11.3. The fourth-order valence-electron chi connectivity index (χ4n) is 2.93. The van der Waals surface area contributed by atoms with Gasteiger partial charge < -0.3 is 14.8 Å². The van der Waals surface area contributed by atoms with Gasteiger partial charge in [0.2, 0.25) is 5.91 Å². The van der Waals surface area contributed by atoms with Crippen molar-refractivity contribution in [3.63, 3.8) is 0 Å². The van der Waals surface area contributed by atoms with E-state index in [4.69, 9.17) is 9.47 Å². The van der Waals surface area contributed by atoms with Gasteiger partial charge in [-0.05, 0) is 69.9 Å². The Hall–Kier alpha value is -2.72. The van der Waals surface area contributed by atoms with Crippen molar-refractivity contribution in [3.05, 3.63) is 46.1 Å². The first-order valence-corrected chi connectivity index (χ1v) is 11.1. The molecule has 1 N–H and O–H groups in total. The van der Waals surface area contributed by atoms with Gasteiger partial charge in [0.15, 0.2) is 11.5 Å². The zero-order valence-electron chi connectivity index (χ0n) is 18.3. The van der Waals surface area contributed by atoms with Crippen LogP contribution in [-0.2, 0) is 11.2 Å². The molecule has 0 aliphatic carbocycles. The molecule has 0 unspecified atom stereocenters. The van der Waals surface area contributed by atoms with E-state index < -0.39 is 0 Å². The first kappa shape index (κ1) is 23.6. The van der Waals surface area contributed by atoms with Crippen LogP contribution in [0.3, 0.4) is 0 Å². The SMILES string of the molecule is CCOc1ccc(CCNC(=O)CSc2nc(C)c(C)c(C)c2C#N)cc1OCC. The fourth-order valence-corrected chi connectivity index (χ4v) is 3.84. The summed E-state index contributed by atoms with van der Waals surface area (Å²) in [6, 6.07) is 8.05. The van der Waals surface area contributed by atoms with Gasteiger partial charge in [0, 0.05) is 12.2 Å². The highest BCUT2D eigenvalue weighted by Gasteiger charge is 2.14. The molecular formula is C23H29N3O3S. The number of aryl methyl sites for hydroxylation is 1. The highest BCUT2D eigenvalue weighted by molar-refractivity contribution is 8.00. The topological polar surface area (TPSA) is 84.2 Å². The second-order valence-electron chi connectivity index (χ2n) is 6.77. The Bertz CT molecular complexity index is 938. The summed E-state index contributed by atoms with van der Waals surface area (Å²) in [6.07, 6.45) is 0.688. The summed E-state index contributed by atoms with van der Waals surface area (Å²) < 4.78 is 11.2. The molecule has 1 aromatic carbocycles. The van der Waals surface area contributed by atoms with Gasteiger partial charge in [-0.25, -0.2) is 4.98 Å². The van der Waals surface area contributed by atoms with Crippen molar-refractivity contribution in [1.29, 1.82) is 5.26 Å². The summed E-state index contributed by atoms with van der Waals surface area (Å²) in [4.78, 5) is 16.8. The number of pyridine rings is 1. The Morgan fingerprint density at radius 3 is 2.50 bits per heavy atom. The molecule has 1 heterocycles. The van der Waals surface area contributed by atoms with E-state index in [0.717, 1.165) is 33.9 Å². The molecule has 160 valence electrons. The third-order valence-corrected chi connectivity index (χ3v) is 5.73. The standard InChI is InChI=1S/C23H29N3O3S/c1-6-28-20-9-8-18(12-21(20)29-7-2)10-11-25-22(27)14-30-23-19(13-24)16(4)15(3)17(5)26-23/h8-9,12H,6-7,10-11,14H2,1-5H3,(H,25,27). The molecule has 0 fully saturated rings. The third kappa shape index (κ3) is 6.14. The number of thioether (sulfide) groups is 1. The zero-order chi connectivity index (χ0) is 22.1. The molecule has 0 bridgehead atoms. The van der Waals surface area contributed by atoms with Crippen LogP contribution in [0.25, 0.3) is 0 Å². The van der Waals surface area contributed by atoms with Gasteiger partial charge in [0.25, 0.3) is 0 Å². The van der Waals surface area contributed by atoms with Crippen molar-refractivity contribution in [2.75, 3.05) is 25.5 Å². The number of rotatable bonds is 10. The molecule has 0 saturated heterocycles. The second-order valence-corrected chi connectivity index (χ2v) is 7.74.